The third kappa shape index (κ3) is 8.14. The molecule has 192 valence electrons. The molecule has 0 N–H and O–H groups in total. The van der Waals surface area contributed by atoms with Crippen molar-refractivity contribution in [1.29, 1.82) is 0 Å². The van der Waals surface area contributed by atoms with Crippen LogP contribution >= 0.6 is 0 Å². The minimum Gasteiger partial charge on any atom is -0.489 e. The fraction of sp³-hybridized carbons (Fsp3) is 0.344. The molecule has 0 aliphatic heterocycles. The van der Waals surface area contributed by atoms with Crippen molar-refractivity contribution in [1.82, 2.24) is 9.97 Å². The van der Waals surface area contributed by atoms with Gasteiger partial charge in [0.1, 0.15) is 12.4 Å². The van der Waals surface area contributed by atoms with Gasteiger partial charge >= 0.3 is 5.97 Å². The van der Waals surface area contributed by atoms with Gasteiger partial charge in [0.25, 0.3) is 0 Å². The molecule has 37 heavy (non-hydrogen) atoms. The highest BCUT2D eigenvalue weighted by Crippen LogP contribution is 2.26. The van der Waals surface area contributed by atoms with Crippen LogP contribution in [0.3, 0.4) is 0 Å². The Labute approximate surface area is 219 Å². The predicted molar refractivity (Wildman–Crippen MR) is 149 cm³/mol. The molecule has 1 aromatic heterocycles. The minimum atomic E-state index is -0.396. The molecule has 0 spiro atoms. The Morgan fingerprint density at radius 3 is 2.32 bits per heavy atom. The van der Waals surface area contributed by atoms with Crippen LogP contribution in [0.25, 0.3) is 22.2 Å². The molecular formula is C32H36N2O3. The van der Waals surface area contributed by atoms with E-state index in [1.807, 2.05) is 66.7 Å². The Balaban J connectivity index is 1.30. The Morgan fingerprint density at radius 2 is 1.51 bits per heavy atom. The van der Waals surface area contributed by atoms with E-state index in [9.17, 15) is 4.79 Å². The second kappa shape index (κ2) is 14.1. The van der Waals surface area contributed by atoms with Crippen molar-refractivity contribution in [3.8, 4) is 17.1 Å². The largest absolute Gasteiger partial charge is 0.489 e. The first kappa shape index (κ1) is 26.3. The van der Waals surface area contributed by atoms with E-state index in [0.29, 0.717) is 19.0 Å². The van der Waals surface area contributed by atoms with Gasteiger partial charge < -0.3 is 9.47 Å². The predicted octanol–water partition coefficient (Wildman–Crippen LogP) is 8.17. The number of unbranched alkanes of at least 4 members (excludes halogenated alkanes) is 7. The number of carbonyl (C=O) groups is 1. The minimum absolute atomic E-state index is 0.286. The lowest BCUT2D eigenvalue weighted by Crippen LogP contribution is -2.09. The van der Waals surface area contributed by atoms with E-state index in [0.717, 1.165) is 40.5 Å². The molecule has 0 fully saturated rings. The van der Waals surface area contributed by atoms with Crippen LogP contribution in [-0.4, -0.2) is 22.5 Å². The number of nitrogens with zero attached hydrogens (tertiary/aromatic N) is 2. The molecule has 4 aromatic rings. The standard InChI is InChI=1S/C32H36N2O3/c1-2-3-4-5-6-7-8-12-21-36-32(35)30-19-20-33-31(34-30)28-16-15-27-23-29(18-17-26(27)22-28)37-24-25-13-10-9-11-14-25/h9-11,13-20,22-23H,2-8,12,21,24H2,1H3. The van der Waals surface area contributed by atoms with Crippen molar-refractivity contribution >= 4 is 16.7 Å². The summed E-state index contributed by atoms with van der Waals surface area (Å²) in [4.78, 5) is 21.4. The first-order valence-corrected chi connectivity index (χ1v) is 13.4. The highest BCUT2D eigenvalue weighted by molar-refractivity contribution is 5.89. The molecule has 0 radical (unpaired) electrons. The summed E-state index contributed by atoms with van der Waals surface area (Å²) >= 11 is 0. The molecule has 0 saturated carbocycles. The van der Waals surface area contributed by atoms with Crippen LogP contribution in [0, 0.1) is 0 Å². The molecule has 0 bridgehead atoms. The smallest absolute Gasteiger partial charge is 0.357 e. The maximum Gasteiger partial charge on any atom is 0.357 e. The van der Waals surface area contributed by atoms with Crippen molar-refractivity contribution in [3.05, 3.63) is 90.3 Å². The number of aromatic nitrogens is 2. The lowest BCUT2D eigenvalue weighted by atomic mass is 10.1. The van der Waals surface area contributed by atoms with E-state index in [4.69, 9.17) is 9.47 Å². The number of esters is 1. The van der Waals surface area contributed by atoms with Crippen molar-refractivity contribution in [2.75, 3.05) is 6.61 Å². The van der Waals surface area contributed by atoms with Crippen LogP contribution in [0.2, 0.25) is 0 Å². The fourth-order valence-corrected chi connectivity index (χ4v) is 4.28. The summed E-state index contributed by atoms with van der Waals surface area (Å²) in [6.45, 7) is 3.19. The van der Waals surface area contributed by atoms with Gasteiger partial charge in [-0.2, -0.15) is 0 Å². The van der Waals surface area contributed by atoms with Crippen LogP contribution in [0.5, 0.6) is 5.75 Å². The van der Waals surface area contributed by atoms with Gasteiger partial charge in [0, 0.05) is 11.8 Å². The molecule has 0 aliphatic rings. The van der Waals surface area contributed by atoms with Crippen molar-refractivity contribution < 1.29 is 14.3 Å². The van der Waals surface area contributed by atoms with Crippen LogP contribution < -0.4 is 4.74 Å². The highest BCUT2D eigenvalue weighted by Gasteiger charge is 2.12. The lowest BCUT2D eigenvalue weighted by Gasteiger charge is -2.09. The average molecular weight is 497 g/mol. The van der Waals surface area contributed by atoms with Gasteiger partial charge in [-0.15, -0.1) is 0 Å². The molecule has 4 rings (SSSR count). The molecule has 0 unspecified atom stereocenters. The SMILES string of the molecule is CCCCCCCCCCOC(=O)c1ccnc(-c2ccc3cc(OCc4ccccc4)ccc3c2)n1. The first-order valence-electron chi connectivity index (χ1n) is 13.4. The van der Waals surface area contributed by atoms with Crippen molar-refractivity contribution in [2.45, 2.75) is 64.9 Å². The molecular weight excluding hydrogens is 460 g/mol. The van der Waals surface area contributed by atoms with Crippen LogP contribution in [-0.2, 0) is 11.3 Å². The number of hydrogen-bond acceptors (Lipinski definition) is 5. The normalized spacial score (nSPS) is 10.9. The molecule has 0 atom stereocenters. The van der Waals surface area contributed by atoms with E-state index >= 15 is 0 Å². The molecule has 0 amide bonds. The Bertz CT molecular complexity index is 1270. The molecule has 0 saturated heterocycles. The van der Waals surface area contributed by atoms with Gasteiger partial charge in [0.05, 0.1) is 6.61 Å². The maximum absolute atomic E-state index is 12.5. The Hall–Kier alpha value is -3.73. The zero-order valence-electron chi connectivity index (χ0n) is 21.7. The van der Waals surface area contributed by atoms with E-state index in [1.165, 1.54) is 38.5 Å². The summed E-state index contributed by atoms with van der Waals surface area (Å²) in [7, 11) is 0. The molecule has 0 aliphatic carbocycles. The molecule has 5 heteroatoms. The van der Waals surface area contributed by atoms with Gasteiger partial charge in [-0.3, -0.25) is 0 Å². The number of fused-ring (bicyclic) bond motifs is 1. The van der Waals surface area contributed by atoms with E-state index in [2.05, 4.69) is 16.9 Å². The van der Waals surface area contributed by atoms with Crippen molar-refractivity contribution in [3.63, 3.8) is 0 Å². The van der Waals surface area contributed by atoms with E-state index in [-0.39, 0.29) is 5.69 Å². The topological polar surface area (TPSA) is 61.3 Å². The second-order valence-electron chi connectivity index (χ2n) is 9.37. The number of carbonyl (C=O) groups excluding carboxylic acids is 1. The zero-order valence-corrected chi connectivity index (χ0v) is 21.7. The average Bonchev–Trinajstić information content (AvgIpc) is 2.95. The molecule has 1 heterocycles. The lowest BCUT2D eigenvalue weighted by molar-refractivity contribution is 0.0490. The van der Waals surface area contributed by atoms with Gasteiger partial charge in [0.15, 0.2) is 11.5 Å². The number of rotatable bonds is 14. The molecule has 5 nitrogen and oxygen atoms in total. The third-order valence-corrected chi connectivity index (χ3v) is 6.41. The quantitative estimate of drug-likeness (QED) is 0.130. The maximum atomic E-state index is 12.5. The third-order valence-electron chi connectivity index (χ3n) is 6.41. The summed E-state index contributed by atoms with van der Waals surface area (Å²) in [5, 5.41) is 2.12. The van der Waals surface area contributed by atoms with Crippen LogP contribution in [0.15, 0.2) is 79.0 Å². The highest BCUT2D eigenvalue weighted by atomic mass is 16.5. The van der Waals surface area contributed by atoms with Gasteiger partial charge in [-0.25, -0.2) is 14.8 Å². The summed E-state index contributed by atoms with van der Waals surface area (Å²) in [6.07, 6.45) is 11.3. The summed E-state index contributed by atoms with van der Waals surface area (Å²) in [6, 6.07) is 23.8. The summed E-state index contributed by atoms with van der Waals surface area (Å²) in [5.74, 6) is 0.932. The zero-order chi connectivity index (χ0) is 25.7. The Kier molecular flexibility index (Phi) is 10.1. The molecule has 3 aromatic carbocycles. The summed E-state index contributed by atoms with van der Waals surface area (Å²) in [5.41, 5.74) is 2.27. The Morgan fingerprint density at radius 1 is 0.784 bits per heavy atom. The monoisotopic (exact) mass is 496 g/mol. The number of ether oxygens (including phenoxy) is 2. The first-order chi connectivity index (χ1) is 18.2. The van der Waals surface area contributed by atoms with E-state index < -0.39 is 5.97 Å². The van der Waals surface area contributed by atoms with Crippen molar-refractivity contribution in [2.24, 2.45) is 0 Å². The number of hydrogen-bond donors (Lipinski definition) is 0. The second-order valence-corrected chi connectivity index (χ2v) is 9.37. The van der Waals surface area contributed by atoms with Gasteiger partial charge in [-0.05, 0) is 47.0 Å². The fourth-order valence-electron chi connectivity index (χ4n) is 4.28. The summed E-state index contributed by atoms with van der Waals surface area (Å²) < 4.78 is 11.4. The van der Waals surface area contributed by atoms with Crippen LogP contribution in [0.4, 0.5) is 0 Å². The van der Waals surface area contributed by atoms with E-state index in [1.54, 1.807) is 12.3 Å². The number of benzene rings is 3. The van der Waals surface area contributed by atoms with Gasteiger partial charge in [0.2, 0.25) is 0 Å². The van der Waals surface area contributed by atoms with Crippen LogP contribution in [0.1, 0.15) is 74.3 Å². The van der Waals surface area contributed by atoms with Gasteiger partial charge in [-0.1, -0.05) is 100 Å².